The van der Waals surface area contributed by atoms with Crippen molar-refractivity contribution in [1.29, 1.82) is 0 Å². The van der Waals surface area contributed by atoms with Crippen molar-refractivity contribution in [3.63, 3.8) is 0 Å². The molecule has 0 aliphatic rings. The van der Waals surface area contributed by atoms with E-state index in [2.05, 4.69) is 0 Å². The Hall–Kier alpha value is -4.34. The predicted octanol–water partition coefficient (Wildman–Crippen LogP) is 6.37. The fourth-order valence-electron chi connectivity index (χ4n) is 3.33. The summed E-state index contributed by atoms with van der Waals surface area (Å²) >= 11 is 0. The number of benzene rings is 2. The number of ether oxygens (including phenoxy) is 6. The van der Waals surface area contributed by atoms with Gasteiger partial charge in [0.05, 0.1) is 0 Å². The number of hydrogen-bond donors (Lipinski definition) is 0. The number of hydrogen-bond acceptors (Lipinski definition) is 10. The van der Waals surface area contributed by atoms with E-state index in [1.807, 2.05) is 60.7 Å². The first kappa shape index (κ1) is 31.9. The van der Waals surface area contributed by atoms with Gasteiger partial charge in [-0.15, -0.1) is 0 Å². The maximum atomic E-state index is 11.7. The lowest BCUT2D eigenvalue weighted by atomic mass is 10.1. The van der Waals surface area contributed by atoms with Gasteiger partial charge in [0.2, 0.25) is 13.6 Å². The third-order valence-electron chi connectivity index (χ3n) is 5.43. The lowest BCUT2D eigenvalue weighted by Gasteiger charge is -2.07. The van der Waals surface area contributed by atoms with Crippen molar-refractivity contribution < 1.29 is 47.6 Å². The quantitative estimate of drug-likeness (QED) is 0.0672. The number of carbonyl (C=O) groups excluding carboxylic acids is 4. The maximum absolute atomic E-state index is 11.7. The van der Waals surface area contributed by atoms with Gasteiger partial charge >= 0.3 is 24.2 Å². The lowest BCUT2D eigenvalue weighted by molar-refractivity contribution is -0.153. The maximum Gasteiger partial charge on any atom is 0.511 e. The molecule has 0 aromatic heterocycles. The molecule has 0 atom stereocenters. The number of allylic oxidation sites excluding steroid dienone is 1. The van der Waals surface area contributed by atoms with Crippen LogP contribution in [0.3, 0.4) is 0 Å². The van der Waals surface area contributed by atoms with Gasteiger partial charge in [-0.05, 0) is 30.4 Å². The molecule has 0 aliphatic carbocycles. The minimum Gasteiger partial charge on any atom is -0.429 e. The van der Waals surface area contributed by atoms with Crippen molar-refractivity contribution in [3.05, 3.63) is 83.9 Å². The number of rotatable bonds is 18. The van der Waals surface area contributed by atoms with Crippen molar-refractivity contribution in [3.8, 4) is 0 Å². The topological polar surface area (TPSA) is 124 Å². The van der Waals surface area contributed by atoms with Crippen LogP contribution >= 0.6 is 0 Å². The molecule has 2 rings (SSSR count). The van der Waals surface area contributed by atoms with Gasteiger partial charge in [-0.3, -0.25) is 4.79 Å². The predicted molar refractivity (Wildman–Crippen MR) is 143 cm³/mol. The normalized spacial score (nSPS) is 10.5. The summed E-state index contributed by atoms with van der Waals surface area (Å²) in [5.74, 6) is -1.03. The fraction of sp³-hybridized carbons (Fsp3) is 0.400. The second-order valence-electron chi connectivity index (χ2n) is 8.62. The summed E-state index contributed by atoms with van der Waals surface area (Å²) in [5.41, 5.74) is 1.65. The zero-order valence-electron chi connectivity index (χ0n) is 22.5. The summed E-state index contributed by atoms with van der Waals surface area (Å²) in [6.07, 6.45) is 7.61. The molecule has 0 saturated heterocycles. The Balaban J connectivity index is 1.34. The van der Waals surface area contributed by atoms with Crippen LogP contribution in [0.2, 0.25) is 0 Å². The smallest absolute Gasteiger partial charge is 0.429 e. The molecule has 0 radical (unpaired) electrons. The number of esters is 2. The average molecular weight is 557 g/mol. The Morgan fingerprint density at radius 3 is 1.62 bits per heavy atom. The Labute approximate surface area is 234 Å². The third kappa shape index (κ3) is 16.5. The molecule has 0 aliphatic heterocycles. The largest absolute Gasteiger partial charge is 0.511 e. The van der Waals surface area contributed by atoms with E-state index in [1.54, 1.807) is 6.08 Å². The first-order valence-electron chi connectivity index (χ1n) is 13.2. The highest BCUT2D eigenvalue weighted by molar-refractivity contribution is 5.81. The SMILES string of the molecule is O=C(C=CCCCCCCCCC(=O)OCOC(=O)OCc1ccccc1)OCOC(=O)OCc1ccccc1. The van der Waals surface area contributed by atoms with E-state index in [0.717, 1.165) is 49.7 Å². The molecular formula is C30H36O10. The molecular weight excluding hydrogens is 520 g/mol. The summed E-state index contributed by atoms with van der Waals surface area (Å²) in [7, 11) is 0. The highest BCUT2D eigenvalue weighted by Crippen LogP contribution is 2.10. The molecule has 0 fully saturated rings. The van der Waals surface area contributed by atoms with E-state index in [0.29, 0.717) is 6.42 Å². The van der Waals surface area contributed by atoms with Crippen molar-refractivity contribution in [2.75, 3.05) is 13.6 Å². The Morgan fingerprint density at radius 1 is 0.550 bits per heavy atom. The summed E-state index contributed by atoms with van der Waals surface area (Å²) in [5, 5.41) is 0. The second-order valence-corrected chi connectivity index (χ2v) is 8.62. The number of unbranched alkanes of at least 4 members (excludes halogenated alkanes) is 6. The number of carbonyl (C=O) groups is 4. The van der Waals surface area contributed by atoms with Crippen LogP contribution in [-0.4, -0.2) is 37.8 Å². The van der Waals surface area contributed by atoms with Crippen LogP contribution in [0.4, 0.5) is 9.59 Å². The van der Waals surface area contributed by atoms with Gasteiger partial charge < -0.3 is 28.4 Å². The van der Waals surface area contributed by atoms with Crippen LogP contribution in [0.25, 0.3) is 0 Å². The van der Waals surface area contributed by atoms with Gasteiger partial charge in [-0.1, -0.05) is 92.4 Å². The fourth-order valence-corrected chi connectivity index (χ4v) is 3.33. The highest BCUT2D eigenvalue weighted by Gasteiger charge is 2.08. The van der Waals surface area contributed by atoms with Crippen LogP contribution < -0.4 is 0 Å². The molecule has 10 nitrogen and oxygen atoms in total. The van der Waals surface area contributed by atoms with Gasteiger partial charge in [-0.2, -0.15) is 0 Å². The molecule has 40 heavy (non-hydrogen) atoms. The first-order valence-corrected chi connectivity index (χ1v) is 13.2. The summed E-state index contributed by atoms with van der Waals surface area (Å²) in [4.78, 5) is 46.3. The highest BCUT2D eigenvalue weighted by atomic mass is 16.8. The molecule has 216 valence electrons. The summed E-state index contributed by atoms with van der Waals surface area (Å²) < 4.78 is 28.9. The second kappa shape index (κ2) is 20.6. The molecule has 2 aromatic rings. The monoisotopic (exact) mass is 556 g/mol. The van der Waals surface area contributed by atoms with E-state index in [9.17, 15) is 19.2 Å². The Morgan fingerprint density at radius 2 is 1.05 bits per heavy atom. The first-order chi connectivity index (χ1) is 19.5. The van der Waals surface area contributed by atoms with Gasteiger partial charge in [0.1, 0.15) is 13.2 Å². The van der Waals surface area contributed by atoms with Crippen LogP contribution in [0.1, 0.15) is 62.5 Å². The van der Waals surface area contributed by atoms with Crippen molar-refractivity contribution >= 4 is 24.2 Å². The summed E-state index contributed by atoms with van der Waals surface area (Å²) in [6.45, 7) is -0.826. The van der Waals surface area contributed by atoms with Gasteiger partial charge in [0.15, 0.2) is 0 Å². The van der Waals surface area contributed by atoms with Gasteiger partial charge in [0.25, 0.3) is 0 Å². The molecule has 0 spiro atoms. The van der Waals surface area contributed by atoms with E-state index in [-0.39, 0.29) is 19.6 Å². The molecule has 0 saturated carbocycles. The van der Waals surface area contributed by atoms with Crippen molar-refractivity contribution in [2.45, 2.75) is 64.6 Å². The molecule has 0 bridgehead atoms. The van der Waals surface area contributed by atoms with Crippen LogP contribution in [0.5, 0.6) is 0 Å². The molecule has 0 heterocycles. The van der Waals surface area contributed by atoms with Crippen LogP contribution in [0, 0.1) is 0 Å². The van der Waals surface area contributed by atoms with E-state index in [4.69, 9.17) is 28.4 Å². The van der Waals surface area contributed by atoms with E-state index >= 15 is 0 Å². The van der Waals surface area contributed by atoms with Gasteiger partial charge in [0, 0.05) is 12.5 Å². The third-order valence-corrected chi connectivity index (χ3v) is 5.43. The standard InChI is InChI=1S/C30H36O10/c31-27(37-23-39-29(33)35-21-25-15-9-7-10-16-25)19-13-5-3-1-2-4-6-14-20-28(32)38-24-40-30(34)36-22-26-17-11-8-12-18-26/h7-13,15-19H,1-6,14,20-24H2. The average Bonchev–Trinajstić information content (AvgIpc) is 2.97. The van der Waals surface area contributed by atoms with E-state index in [1.165, 1.54) is 6.08 Å². The summed E-state index contributed by atoms with van der Waals surface area (Å²) in [6, 6.07) is 18.3. The van der Waals surface area contributed by atoms with Crippen molar-refractivity contribution in [1.82, 2.24) is 0 Å². The zero-order valence-corrected chi connectivity index (χ0v) is 22.5. The lowest BCUT2D eigenvalue weighted by Crippen LogP contribution is -2.13. The van der Waals surface area contributed by atoms with Crippen LogP contribution in [0.15, 0.2) is 72.8 Å². The van der Waals surface area contributed by atoms with Crippen molar-refractivity contribution in [2.24, 2.45) is 0 Å². The van der Waals surface area contributed by atoms with E-state index < -0.39 is 37.8 Å². The molecule has 10 heteroatoms. The Kier molecular flexibility index (Phi) is 16.4. The molecule has 0 N–H and O–H groups in total. The van der Waals surface area contributed by atoms with Gasteiger partial charge in [-0.25, -0.2) is 14.4 Å². The van der Waals surface area contributed by atoms with Crippen LogP contribution in [-0.2, 0) is 51.2 Å². The molecule has 0 unspecified atom stereocenters. The minimum absolute atomic E-state index is 0.0745. The minimum atomic E-state index is -0.914. The molecule has 2 aromatic carbocycles. The molecule has 0 amide bonds. The Bertz CT molecular complexity index is 1040. The zero-order chi connectivity index (χ0) is 28.7.